The Kier molecular flexibility index (Phi) is 7.89. The summed E-state index contributed by atoms with van der Waals surface area (Å²) in [6.07, 6.45) is 1.91. The number of nitrogens with zero attached hydrogens (tertiary/aromatic N) is 1. The van der Waals surface area contributed by atoms with Crippen molar-refractivity contribution in [3.8, 4) is 6.07 Å². The molecule has 0 aliphatic heterocycles. The highest BCUT2D eigenvalue weighted by molar-refractivity contribution is 6.00. The number of hydrogen-bond donors (Lipinski definition) is 3. The van der Waals surface area contributed by atoms with Crippen molar-refractivity contribution in [1.82, 2.24) is 5.32 Å². The molecule has 0 fully saturated rings. The van der Waals surface area contributed by atoms with Crippen molar-refractivity contribution in [2.24, 2.45) is 5.73 Å². The fourth-order valence-corrected chi connectivity index (χ4v) is 1.74. The van der Waals surface area contributed by atoms with E-state index in [2.05, 4.69) is 10.6 Å². The Morgan fingerprint density at radius 1 is 1.39 bits per heavy atom. The number of rotatable bonds is 9. The number of benzene rings is 1. The van der Waals surface area contributed by atoms with Gasteiger partial charge in [0.1, 0.15) is 11.6 Å². The third kappa shape index (κ3) is 6.20. The van der Waals surface area contributed by atoms with E-state index in [1.807, 2.05) is 13.0 Å². The molecule has 0 aromatic heterocycles. The Labute approximate surface area is 135 Å². The number of para-hydroxylation sites is 1. The van der Waals surface area contributed by atoms with Gasteiger partial charge in [-0.15, -0.1) is 0 Å². The van der Waals surface area contributed by atoms with Crippen molar-refractivity contribution in [3.05, 3.63) is 41.6 Å². The molecule has 2 amide bonds. The number of nitriles is 1. The number of amides is 2. The highest BCUT2D eigenvalue weighted by atomic mass is 16.5. The largest absolute Gasteiger partial charge is 0.382 e. The minimum absolute atomic E-state index is 0.0966. The number of hydrogen-bond acceptors (Lipinski definition) is 5. The van der Waals surface area contributed by atoms with Crippen LogP contribution in [0.4, 0.5) is 5.69 Å². The number of anilines is 1. The average molecular weight is 316 g/mol. The van der Waals surface area contributed by atoms with Gasteiger partial charge in [0.2, 0.25) is 0 Å². The number of carbonyl (C=O) groups excluding carboxylic acids is 2. The fourth-order valence-electron chi connectivity index (χ4n) is 1.74. The second-order valence-electron chi connectivity index (χ2n) is 4.53. The molecule has 7 heteroatoms. The predicted octanol–water partition coefficient (Wildman–Crippen LogP) is 1.15. The van der Waals surface area contributed by atoms with E-state index in [9.17, 15) is 9.59 Å². The van der Waals surface area contributed by atoms with E-state index in [0.29, 0.717) is 31.9 Å². The zero-order valence-corrected chi connectivity index (χ0v) is 13.0. The van der Waals surface area contributed by atoms with Crippen LogP contribution in [0.1, 0.15) is 23.7 Å². The van der Waals surface area contributed by atoms with E-state index in [-0.39, 0.29) is 11.1 Å². The molecule has 1 rings (SSSR count). The Morgan fingerprint density at radius 3 is 2.78 bits per heavy atom. The summed E-state index contributed by atoms with van der Waals surface area (Å²) < 4.78 is 5.16. The van der Waals surface area contributed by atoms with E-state index >= 15 is 0 Å². The summed E-state index contributed by atoms with van der Waals surface area (Å²) in [6, 6.07) is 8.38. The maximum Gasteiger partial charge on any atom is 0.263 e. The van der Waals surface area contributed by atoms with Gasteiger partial charge in [0.15, 0.2) is 0 Å². The third-order valence-electron chi connectivity index (χ3n) is 2.88. The Bertz CT molecular complexity index is 620. The minimum Gasteiger partial charge on any atom is -0.382 e. The smallest absolute Gasteiger partial charge is 0.263 e. The van der Waals surface area contributed by atoms with Gasteiger partial charge in [-0.2, -0.15) is 5.26 Å². The molecule has 122 valence electrons. The van der Waals surface area contributed by atoms with Gasteiger partial charge in [-0.25, -0.2) is 0 Å². The van der Waals surface area contributed by atoms with E-state index in [0.717, 1.165) is 0 Å². The monoisotopic (exact) mass is 316 g/mol. The van der Waals surface area contributed by atoms with Crippen LogP contribution in [0.2, 0.25) is 0 Å². The average Bonchev–Trinajstić information content (AvgIpc) is 2.55. The first kappa shape index (κ1) is 18.2. The van der Waals surface area contributed by atoms with Crippen molar-refractivity contribution >= 4 is 17.5 Å². The van der Waals surface area contributed by atoms with Crippen LogP contribution in [-0.2, 0) is 9.53 Å². The zero-order valence-electron chi connectivity index (χ0n) is 13.0. The first-order chi connectivity index (χ1) is 11.1. The molecule has 0 bridgehead atoms. The number of nitrogens with two attached hydrogens (primary N) is 1. The Morgan fingerprint density at radius 2 is 2.13 bits per heavy atom. The SMILES string of the molecule is CCOCCCNC(=O)/C(C#N)=C\Nc1ccccc1C(N)=O. The molecule has 0 atom stereocenters. The second kappa shape index (κ2) is 9.97. The van der Waals surface area contributed by atoms with Crippen LogP contribution >= 0.6 is 0 Å². The lowest BCUT2D eigenvalue weighted by atomic mass is 10.1. The van der Waals surface area contributed by atoms with Crippen LogP contribution in [0.15, 0.2) is 36.0 Å². The lowest BCUT2D eigenvalue weighted by molar-refractivity contribution is -0.117. The Hall–Kier alpha value is -2.85. The van der Waals surface area contributed by atoms with Crippen molar-refractivity contribution in [3.63, 3.8) is 0 Å². The molecule has 4 N–H and O–H groups in total. The number of primary amides is 1. The van der Waals surface area contributed by atoms with Gasteiger partial charge < -0.3 is 21.1 Å². The van der Waals surface area contributed by atoms with E-state index in [1.165, 1.54) is 6.20 Å². The molecular formula is C16H20N4O3. The molecule has 0 saturated carbocycles. The fraction of sp³-hybridized carbons (Fsp3) is 0.312. The molecule has 0 unspecified atom stereocenters. The summed E-state index contributed by atoms with van der Waals surface area (Å²) >= 11 is 0. The summed E-state index contributed by atoms with van der Waals surface area (Å²) in [5.74, 6) is -1.09. The van der Waals surface area contributed by atoms with Crippen molar-refractivity contribution < 1.29 is 14.3 Å². The lowest BCUT2D eigenvalue weighted by Gasteiger charge is -2.07. The van der Waals surface area contributed by atoms with E-state index < -0.39 is 11.8 Å². The molecule has 1 aromatic rings. The molecule has 0 saturated heterocycles. The highest BCUT2D eigenvalue weighted by Crippen LogP contribution is 2.14. The lowest BCUT2D eigenvalue weighted by Crippen LogP contribution is -2.26. The molecule has 1 aromatic carbocycles. The van der Waals surface area contributed by atoms with Crippen LogP contribution in [0.3, 0.4) is 0 Å². The summed E-state index contributed by atoms with van der Waals surface area (Å²) in [7, 11) is 0. The second-order valence-corrected chi connectivity index (χ2v) is 4.53. The number of nitrogens with one attached hydrogen (secondary N) is 2. The van der Waals surface area contributed by atoms with Gasteiger partial charge in [-0.05, 0) is 25.5 Å². The number of ether oxygens (including phenoxy) is 1. The standard InChI is InChI=1S/C16H20N4O3/c1-2-23-9-5-8-19-16(22)12(10-17)11-20-14-7-4-3-6-13(14)15(18)21/h3-4,6-7,11,20H,2,5,8-9H2,1H3,(H2,18,21)(H,19,22)/b12-11-. The highest BCUT2D eigenvalue weighted by Gasteiger charge is 2.10. The van der Waals surface area contributed by atoms with E-state index in [4.69, 9.17) is 15.7 Å². The molecule has 0 aliphatic carbocycles. The summed E-state index contributed by atoms with van der Waals surface area (Å²) in [5.41, 5.74) is 5.87. The van der Waals surface area contributed by atoms with Crippen LogP contribution in [-0.4, -0.2) is 31.6 Å². The molecule has 0 heterocycles. The van der Waals surface area contributed by atoms with Gasteiger partial charge in [0, 0.05) is 26.0 Å². The first-order valence-corrected chi connectivity index (χ1v) is 7.21. The first-order valence-electron chi connectivity index (χ1n) is 7.21. The summed E-state index contributed by atoms with van der Waals surface area (Å²) in [4.78, 5) is 23.2. The van der Waals surface area contributed by atoms with Gasteiger partial charge in [0.05, 0.1) is 11.3 Å². The minimum atomic E-state index is -0.597. The van der Waals surface area contributed by atoms with E-state index in [1.54, 1.807) is 24.3 Å². The van der Waals surface area contributed by atoms with Crippen molar-refractivity contribution in [1.29, 1.82) is 5.26 Å². The molecule has 0 aliphatic rings. The predicted molar refractivity (Wildman–Crippen MR) is 86.4 cm³/mol. The topological polar surface area (TPSA) is 117 Å². The normalized spacial score (nSPS) is 10.7. The molecule has 0 spiro atoms. The zero-order chi connectivity index (χ0) is 17.1. The van der Waals surface area contributed by atoms with Crippen molar-refractivity contribution in [2.45, 2.75) is 13.3 Å². The summed E-state index contributed by atoms with van der Waals surface area (Å²) in [5, 5.41) is 14.4. The number of carbonyl (C=O) groups is 2. The van der Waals surface area contributed by atoms with Crippen LogP contribution in [0.5, 0.6) is 0 Å². The van der Waals surface area contributed by atoms with Crippen LogP contribution in [0, 0.1) is 11.3 Å². The van der Waals surface area contributed by atoms with Gasteiger partial charge >= 0.3 is 0 Å². The molecular weight excluding hydrogens is 296 g/mol. The summed E-state index contributed by atoms with van der Waals surface area (Å²) in [6.45, 7) is 3.48. The third-order valence-corrected chi connectivity index (χ3v) is 2.88. The Balaban J connectivity index is 2.64. The quantitative estimate of drug-likeness (QED) is 0.359. The van der Waals surface area contributed by atoms with Gasteiger partial charge in [-0.3, -0.25) is 9.59 Å². The maximum atomic E-state index is 11.9. The van der Waals surface area contributed by atoms with Gasteiger partial charge in [-0.1, -0.05) is 12.1 Å². The van der Waals surface area contributed by atoms with Crippen LogP contribution < -0.4 is 16.4 Å². The van der Waals surface area contributed by atoms with Gasteiger partial charge in [0.25, 0.3) is 11.8 Å². The van der Waals surface area contributed by atoms with Crippen LogP contribution in [0.25, 0.3) is 0 Å². The molecule has 23 heavy (non-hydrogen) atoms. The van der Waals surface area contributed by atoms with Crippen molar-refractivity contribution in [2.75, 3.05) is 25.1 Å². The maximum absolute atomic E-state index is 11.9. The molecule has 7 nitrogen and oxygen atoms in total. The molecule has 0 radical (unpaired) electrons.